The molecule has 0 aliphatic rings. The molecule has 4 rings (SSSR count). The predicted molar refractivity (Wildman–Crippen MR) is 106 cm³/mol. The van der Waals surface area contributed by atoms with E-state index in [-0.39, 0.29) is 0 Å². The number of thiophene rings is 1. The summed E-state index contributed by atoms with van der Waals surface area (Å²) in [6.45, 7) is 2.89. The monoisotopic (exact) mass is 447 g/mol. The van der Waals surface area contributed by atoms with E-state index in [2.05, 4.69) is 53.9 Å². The van der Waals surface area contributed by atoms with E-state index in [9.17, 15) is 0 Å². The molecule has 4 aromatic rings. The lowest BCUT2D eigenvalue weighted by Gasteiger charge is -2.04. The Labute approximate surface area is 166 Å². The van der Waals surface area contributed by atoms with Crippen molar-refractivity contribution in [3.63, 3.8) is 0 Å². The summed E-state index contributed by atoms with van der Waals surface area (Å²) >= 11 is 6.70. The van der Waals surface area contributed by atoms with Gasteiger partial charge in [0.05, 0.1) is 16.2 Å². The van der Waals surface area contributed by atoms with Crippen LogP contribution in [-0.4, -0.2) is 25.0 Å². The maximum atomic E-state index is 5.80. The Bertz CT molecular complexity index is 1010. The zero-order chi connectivity index (χ0) is 17.9. The highest BCUT2D eigenvalue weighted by molar-refractivity contribution is 9.10. The van der Waals surface area contributed by atoms with Crippen LogP contribution in [0.3, 0.4) is 0 Å². The van der Waals surface area contributed by atoms with Crippen molar-refractivity contribution in [2.45, 2.75) is 24.4 Å². The molecule has 0 spiro atoms. The summed E-state index contributed by atoms with van der Waals surface area (Å²) in [5, 5.41) is 19.8. The number of thioether (sulfide) groups is 1. The van der Waals surface area contributed by atoms with Gasteiger partial charge in [0.15, 0.2) is 11.0 Å². The van der Waals surface area contributed by atoms with Gasteiger partial charge in [-0.3, -0.25) is 0 Å². The SMILES string of the molecule is CCn1c(SCc2nnc(-c3ccccc3Br)o2)nnc1-c1cccs1. The van der Waals surface area contributed by atoms with Crippen molar-refractivity contribution in [3.8, 4) is 22.2 Å². The first-order valence-electron chi connectivity index (χ1n) is 7.93. The lowest BCUT2D eigenvalue weighted by molar-refractivity contribution is 0.527. The van der Waals surface area contributed by atoms with Crippen LogP contribution in [0.25, 0.3) is 22.2 Å². The van der Waals surface area contributed by atoms with Gasteiger partial charge in [0.25, 0.3) is 0 Å². The molecule has 0 aliphatic heterocycles. The number of halogens is 1. The minimum absolute atomic E-state index is 0.504. The summed E-state index contributed by atoms with van der Waals surface area (Å²) in [7, 11) is 0. The van der Waals surface area contributed by atoms with E-state index in [0.717, 1.165) is 32.4 Å². The smallest absolute Gasteiger partial charge is 0.248 e. The summed E-state index contributed by atoms with van der Waals surface area (Å²) < 4.78 is 8.82. The third-order valence-electron chi connectivity index (χ3n) is 3.67. The second-order valence-corrected chi connectivity index (χ2v) is 8.04. The zero-order valence-corrected chi connectivity index (χ0v) is 17.0. The number of nitrogens with zero attached hydrogens (tertiary/aromatic N) is 5. The fourth-order valence-corrected chi connectivity index (χ4v) is 4.46. The molecule has 0 atom stereocenters. The average Bonchev–Trinajstić information content (AvgIpc) is 3.39. The van der Waals surface area contributed by atoms with Crippen LogP contribution in [-0.2, 0) is 12.3 Å². The molecule has 3 aromatic heterocycles. The number of aromatic nitrogens is 5. The molecule has 0 saturated heterocycles. The van der Waals surface area contributed by atoms with Gasteiger partial charge in [0, 0.05) is 11.0 Å². The Hall–Kier alpha value is -1.97. The van der Waals surface area contributed by atoms with Crippen molar-refractivity contribution in [1.29, 1.82) is 0 Å². The van der Waals surface area contributed by atoms with Gasteiger partial charge in [0.2, 0.25) is 11.8 Å². The van der Waals surface area contributed by atoms with Crippen molar-refractivity contribution in [2.75, 3.05) is 0 Å². The molecule has 0 fully saturated rings. The van der Waals surface area contributed by atoms with Crippen LogP contribution in [0.4, 0.5) is 0 Å². The highest BCUT2D eigenvalue weighted by Crippen LogP contribution is 2.30. The first kappa shape index (κ1) is 17.4. The van der Waals surface area contributed by atoms with Crippen molar-refractivity contribution in [2.24, 2.45) is 0 Å². The number of hydrogen-bond donors (Lipinski definition) is 0. The predicted octanol–water partition coefficient (Wildman–Crippen LogP) is 5.13. The van der Waals surface area contributed by atoms with Gasteiger partial charge < -0.3 is 8.98 Å². The topological polar surface area (TPSA) is 69.6 Å². The first-order valence-corrected chi connectivity index (χ1v) is 10.6. The Balaban J connectivity index is 1.51. The van der Waals surface area contributed by atoms with E-state index in [1.165, 1.54) is 0 Å². The van der Waals surface area contributed by atoms with Crippen LogP contribution in [0.15, 0.2) is 55.8 Å². The highest BCUT2D eigenvalue weighted by Gasteiger charge is 2.16. The van der Waals surface area contributed by atoms with Crippen LogP contribution in [0.5, 0.6) is 0 Å². The summed E-state index contributed by atoms with van der Waals surface area (Å²) in [6, 6.07) is 11.8. The fraction of sp³-hybridized carbons (Fsp3) is 0.176. The van der Waals surface area contributed by atoms with Gasteiger partial charge in [-0.05, 0) is 46.4 Å². The van der Waals surface area contributed by atoms with E-state index in [1.54, 1.807) is 23.1 Å². The Morgan fingerprint density at radius 1 is 1.12 bits per heavy atom. The molecule has 1 aromatic carbocycles. The molecule has 6 nitrogen and oxygen atoms in total. The van der Waals surface area contributed by atoms with Crippen LogP contribution in [0, 0.1) is 0 Å². The van der Waals surface area contributed by atoms with Crippen molar-refractivity contribution in [1.82, 2.24) is 25.0 Å². The van der Waals surface area contributed by atoms with Crippen LogP contribution >= 0.6 is 39.0 Å². The van der Waals surface area contributed by atoms with Gasteiger partial charge in [-0.25, -0.2) is 0 Å². The third-order valence-corrected chi connectivity index (χ3v) is 6.18. The van der Waals surface area contributed by atoms with E-state index in [0.29, 0.717) is 17.5 Å². The molecule has 0 N–H and O–H groups in total. The van der Waals surface area contributed by atoms with Crippen LogP contribution in [0.1, 0.15) is 12.8 Å². The average molecular weight is 448 g/mol. The maximum absolute atomic E-state index is 5.80. The van der Waals surface area contributed by atoms with Crippen molar-refractivity contribution < 1.29 is 4.42 Å². The van der Waals surface area contributed by atoms with E-state index in [1.807, 2.05) is 35.7 Å². The lowest BCUT2D eigenvalue weighted by atomic mass is 10.2. The molecule has 0 amide bonds. The molecular formula is C17H14BrN5OS2. The quantitative estimate of drug-likeness (QED) is 0.381. The number of benzene rings is 1. The molecule has 0 unspecified atom stereocenters. The van der Waals surface area contributed by atoms with Crippen LogP contribution < -0.4 is 0 Å². The summed E-state index contributed by atoms with van der Waals surface area (Å²) in [5.74, 6) is 2.50. The molecule has 0 saturated carbocycles. The Morgan fingerprint density at radius 3 is 2.77 bits per heavy atom. The largest absolute Gasteiger partial charge is 0.420 e. The fourth-order valence-electron chi connectivity index (χ4n) is 2.45. The van der Waals surface area contributed by atoms with E-state index < -0.39 is 0 Å². The maximum Gasteiger partial charge on any atom is 0.248 e. The minimum atomic E-state index is 0.504. The first-order chi connectivity index (χ1) is 12.8. The van der Waals surface area contributed by atoms with E-state index >= 15 is 0 Å². The summed E-state index contributed by atoms with van der Waals surface area (Å²) in [4.78, 5) is 1.11. The standard InChI is InChI=1S/C17H14BrN5OS2/c1-2-23-15(13-8-5-9-25-13)20-22-17(23)26-10-14-19-21-16(24-14)11-6-3-4-7-12(11)18/h3-9H,2,10H2,1H3. The van der Waals surface area contributed by atoms with Crippen molar-refractivity contribution in [3.05, 3.63) is 52.1 Å². The summed E-state index contributed by atoms with van der Waals surface area (Å²) in [6.07, 6.45) is 0. The zero-order valence-electron chi connectivity index (χ0n) is 13.8. The summed E-state index contributed by atoms with van der Waals surface area (Å²) in [5.41, 5.74) is 0.882. The van der Waals surface area contributed by atoms with Gasteiger partial charge in [-0.2, -0.15) is 0 Å². The normalized spacial score (nSPS) is 11.2. The van der Waals surface area contributed by atoms with Gasteiger partial charge in [-0.15, -0.1) is 31.7 Å². The Kier molecular flexibility index (Phi) is 5.18. The third kappa shape index (κ3) is 3.46. The molecule has 9 heteroatoms. The minimum Gasteiger partial charge on any atom is -0.420 e. The van der Waals surface area contributed by atoms with Gasteiger partial charge in [-0.1, -0.05) is 30.0 Å². The number of rotatable bonds is 6. The number of hydrogen-bond acceptors (Lipinski definition) is 7. The van der Waals surface area contributed by atoms with Crippen LogP contribution in [0.2, 0.25) is 0 Å². The van der Waals surface area contributed by atoms with E-state index in [4.69, 9.17) is 4.42 Å². The molecular weight excluding hydrogens is 434 g/mol. The second-order valence-electron chi connectivity index (χ2n) is 5.30. The highest BCUT2D eigenvalue weighted by atomic mass is 79.9. The molecule has 132 valence electrons. The van der Waals surface area contributed by atoms with Gasteiger partial charge >= 0.3 is 0 Å². The van der Waals surface area contributed by atoms with Gasteiger partial charge in [0.1, 0.15) is 0 Å². The second kappa shape index (κ2) is 7.73. The van der Waals surface area contributed by atoms with Crippen molar-refractivity contribution >= 4 is 39.0 Å². The molecule has 3 heterocycles. The molecule has 26 heavy (non-hydrogen) atoms. The Morgan fingerprint density at radius 2 is 2.00 bits per heavy atom. The molecule has 0 radical (unpaired) electrons. The lowest BCUT2D eigenvalue weighted by Crippen LogP contribution is -1.99. The molecule has 0 bridgehead atoms. The molecule has 0 aliphatic carbocycles.